The molecule has 0 aromatic carbocycles. The van der Waals surface area contributed by atoms with Crippen molar-refractivity contribution >= 4 is 12.1 Å². The average Bonchev–Trinajstić information content (AvgIpc) is 1.98. The van der Waals surface area contributed by atoms with Gasteiger partial charge in [0, 0.05) is 7.05 Å². The number of carbonyl (C=O) groups is 2. The molecule has 0 atom stereocenters. The Labute approximate surface area is 45.2 Å². The molecule has 5 nitrogen and oxygen atoms in total. The van der Waals surface area contributed by atoms with E-state index in [1.165, 1.54) is 7.05 Å². The van der Waals surface area contributed by atoms with Crippen LogP contribution in [0.2, 0.25) is 0 Å². The lowest BCUT2D eigenvalue weighted by Gasteiger charge is -1.93. The summed E-state index contributed by atoms with van der Waals surface area (Å²) < 4.78 is 0. The summed E-state index contributed by atoms with van der Waals surface area (Å²) in [5, 5.41) is 0. The predicted octanol–water partition coefficient (Wildman–Crippen LogP) is -0.292. The molecule has 0 spiro atoms. The van der Waals surface area contributed by atoms with Gasteiger partial charge in [0.2, 0.25) is 0 Å². The first-order valence-corrected chi connectivity index (χ1v) is 1.91. The van der Waals surface area contributed by atoms with E-state index in [2.05, 4.69) is 10.3 Å². The van der Waals surface area contributed by atoms with E-state index in [0.29, 0.717) is 0 Å². The number of rotatable bonds is 0. The van der Waals surface area contributed by atoms with Gasteiger partial charge in [0.15, 0.2) is 0 Å². The van der Waals surface area contributed by atoms with E-state index < -0.39 is 12.1 Å². The molecular weight excluding hydrogens is 112 g/mol. The van der Waals surface area contributed by atoms with Crippen LogP contribution in [0.5, 0.6) is 0 Å². The quantitative estimate of drug-likeness (QED) is 0.435. The van der Waals surface area contributed by atoms with Gasteiger partial charge in [0.05, 0.1) is 0 Å². The molecule has 8 heavy (non-hydrogen) atoms. The van der Waals surface area contributed by atoms with Gasteiger partial charge in [-0.05, 0) is 5.48 Å². The summed E-state index contributed by atoms with van der Waals surface area (Å²) in [6.45, 7) is 0. The highest BCUT2D eigenvalue weighted by Crippen LogP contribution is 1.97. The van der Waals surface area contributed by atoms with Crippen molar-refractivity contribution in [2.45, 2.75) is 0 Å². The molecule has 0 saturated carbocycles. The molecule has 1 saturated heterocycles. The molecule has 3 amide bonds. The first-order valence-electron chi connectivity index (χ1n) is 1.91. The molecule has 1 rings (SSSR count). The standard InChI is InChI=1S/C3H3N2O3/c1-5-2(6)4-8-3(5)7/h1H3. The van der Waals surface area contributed by atoms with Crippen molar-refractivity contribution in [3.63, 3.8) is 0 Å². The van der Waals surface area contributed by atoms with Crippen molar-refractivity contribution in [3.05, 3.63) is 0 Å². The molecule has 0 unspecified atom stereocenters. The van der Waals surface area contributed by atoms with Crippen LogP contribution in [0.25, 0.3) is 0 Å². The molecule has 1 heterocycles. The number of hydroxylamine groups is 1. The molecule has 1 aliphatic heterocycles. The van der Waals surface area contributed by atoms with Crippen LogP contribution in [-0.2, 0) is 4.84 Å². The Bertz CT molecular complexity index is 127. The van der Waals surface area contributed by atoms with E-state index in [4.69, 9.17) is 0 Å². The van der Waals surface area contributed by atoms with Crippen molar-refractivity contribution in [1.82, 2.24) is 10.4 Å². The molecule has 0 aromatic rings. The minimum absolute atomic E-state index is 0.657. The van der Waals surface area contributed by atoms with Crippen molar-refractivity contribution in [1.29, 1.82) is 0 Å². The molecular formula is C3H3N2O3. The van der Waals surface area contributed by atoms with Gasteiger partial charge in [-0.2, -0.15) is 0 Å². The maximum absolute atomic E-state index is 10.2. The molecule has 0 N–H and O–H groups in total. The summed E-state index contributed by atoms with van der Waals surface area (Å²) in [4.78, 5) is 25.1. The fraction of sp³-hybridized carbons (Fsp3) is 0.333. The summed E-state index contributed by atoms with van der Waals surface area (Å²) in [6.07, 6.45) is -0.727. The zero-order chi connectivity index (χ0) is 6.15. The van der Waals surface area contributed by atoms with Crippen molar-refractivity contribution in [3.8, 4) is 0 Å². The lowest BCUT2D eigenvalue weighted by Crippen LogP contribution is -2.23. The van der Waals surface area contributed by atoms with Crippen molar-refractivity contribution < 1.29 is 14.4 Å². The summed E-state index contributed by atoms with van der Waals surface area (Å²) >= 11 is 0. The molecule has 1 aliphatic rings. The third kappa shape index (κ3) is 0.481. The number of hydrogen-bond acceptors (Lipinski definition) is 3. The van der Waals surface area contributed by atoms with E-state index in [1.807, 2.05) is 0 Å². The summed E-state index contributed by atoms with van der Waals surface area (Å²) in [5.41, 5.74) is 2.84. The fourth-order valence-corrected chi connectivity index (χ4v) is 0.279. The Hall–Kier alpha value is -1.26. The van der Waals surface area contributed by atoms with Crippen LogP contribution in [0, 0.1) is 0 Å². The first kappa shape index (κ1) is 4.89. The number of hydrogen-bond donors (Lipinski definition) is 0. The van der Waals surface area contributed by atoms with Gasteiger partial charge in [-0.25, -0.2) is 14.5 Å². The largest absolute Gasteiger partial charge is 0.444 e. The van der Waals surface area contributed by atoms with E-state index in [1.54, 1.807) is 0 Å². The monoisotopic (exact) mass is 115 g/mol. The van der Waals surface area contributed by atoms with Gasteiger partial charge in [-0.15, -0.1) is 0 Å². The van der Waals surface area contributed by atoms with Gasteiger partial charge >= 0.3 is 12.1 Å². The van der Waals surface area contributed by atoms with Crippen molar-refractivity contribution in [2.75, 3.05) is 7.05 Å². The van der Waals surface area contributed by atoms with Crippen molar-refractivity contribution in [2.24, 2.45) is 0 Å². The van der Waals surface area contributed by atoms with E-state index in [-0.39, 0.29) is 0 Å². The summed E-state index contributed by atoms with van der Waals surface area (Å²) in [5.74, 6) is 0. The molecule has 1 fully saturated rings. The summed E-state index contributed by atoms with van der Waals surface area (Å²) in [7, 11) is 1.29. The van der Waals surface area contributed by atoms with Gasteiger partial charge in [-0.1, -0.05) is 0 Å². The Balaban J connectivity index is 2.70. The van der Waals surface area contributed by atoms with E-state index >= 15 is 0 Å². The Morgan fingerprint density at radius 2 is 2.25 bits per heavy atom. The second kappa shape index (κ2) is 1.36. The number of urea groups is 1. The lowest BCUT2D eigenvalue weighted by molar-refractivity contribution is 0.125. The van der Waals surface area contributed by atoms with Crippen LogP contribution >= 0.6 is 0 Å². The van der Waals surface area contributed by atoms with Crippen LogP contribution in [0.4, 0.5) is 9.59 Å². The smallest absolute Gasteiger partial charge is 0.292 e. The van der Waals surface area contributed by atoms with Crippen LogP contribution in [0.15, 0.2) is 0 Å². The van der Waals surface area contributed by atoms with Gasteiger partial charge in [-0.3, -0.25) is 4.84 Å². The second-order valence-electron chi connectivity index (χ2n) is 1.29. The number of nitrogens with zero attached hydrogens (tertiary/aromatic N) is 2. The second-order valence-corrected chi connectivity index (χ2v) is 1.29. The highest BCUT2D eigenvalue weighted by molar-refractivity contribution is 5.94. The third-order valence-electron chi connectivity index (χ3n) is 0.763. The van der Waals surface area contributed by atoms with Crippen LogP contribution in [0.3, 0.4) is 0 Å². The van der Waals surface area contributed by atoms with E-state index in [0.717, 1.165) is 4.90 Å². The van der Waals surface area contributed by atoms with Gasteiger partial charge in [0.25, 0.3) is 0 Å². The molecule has 5 heteroatoms. The molecule has 43 valence electrons. The predicted molar refractivity (Wildman–Crippen MR) is 21.8 cm³/mol. The summed E-state index contributed by atoms with van der Waals surface area (Å²) in [6, 6.07) is -0.657. The SMILES string of the molecule is CN1C(=O)[N]OC1=O. The van der Waals surface area contributed by atoms with E-state index in [9.17, 15) is 9.59 Å². The number of carbonyl (C=O) groups excluding carboxylic acids is 2. The number of imide groups is 1. The Morgan fingerprint density at radius 3 is 2.38 bits per heavy atom. The first-order chi connectivity index (χ1) is 3.72. The minimum Gasteiger partial charge on any atom is -0.292 e. The average molecular weight is 115 g/mol. The molecule has 1 radical (unpaired) electrons. The topological polar surface area (TPSA) is 60.7 Å². The Morgan fingerprint density at radius 1 is 1.62 bits per heavy atom. The highest BCUT2D eigenvalue weighted by atomic mass is 16.7. The lowest BCUT2D eigenvalue weighted by atomic mass is 10.8. The maximum Gasteiger partial charge on any atom is 0.444 e. The van der Waals surface area contributed by atoms with Crippen LogP contribution in [-0.4, -0.2) is 24.1 Å². The Kier molecular flexibility index (Phi) is 0.831. The molecule has 0 bridgehead atoms. The minimum atomic E-state index is -0.727. The highest BCUT2D eigenvalue weighted by Gasteiger charge is 2.29. The maximum atomic E-state index is 10.2. The fourth-order valence-electron chi connectivity index (χ4n) is 0.279. The number of amides is 3. The molecule has 0 aliphatic carbocycles. The van der Waals surface area contributed by atoms with Crippen LogP contribution < -0.4 is 5.48 Å². The zero-order valence-electron chi connectivity index (χ0n) is 4.12. The normalized spacial score (nSPS) is 18.4. The van der Waals surface area contributed by atoms with Crippen LogP contribution in [0.1, 0.15) is 0 Å². The zero-order valence-corrected chi connectivity index (χ0v) is 4.12. The molecule has 0 aromatic heterocycles. The van der Waals surface area contributed by atoms with Gasteiger partial charge < -0.3 is 0 Å². The van der Waals surface area contributed by atoms with Gasteiger partial charge in [0.1, 0.15) is 0 Å². The third-order valence-corrected chi connectivity index (χ3v) is 0.763.